The second-order valence-corrected chi connectivity index (χ2v) is 4.51. The zero-order chi connectivity index (χ0) is 15.7. The van der Waals surface area contributed by atoms with Gasteiger partial charge in [-0.3, -0.25) is 0 Å². The number of hydrogen-bond donors (Lipinski definition) is 1. The maximum atomic E-state index is 11.3. The molecule has 21 heavy (non-hydrogen) atoms. The summed E-state index contributed by atoms with van der Waals surface area (Å²) in [5.74, 6) is -1.09. The lowest BCUT2D eigenvalue weighted by molar-refractivity contribution is -0.158. The van der Waals surface area contributed by atoms with Crippen molar-refractivity contribution in [2.24, 2.45) is 0 Å². The molecule has 0 aromatic heterocycles. The average molecular weight is 292 g/mol. The van der Waals surface area contributed by atoms with Crippen molar-refractivity contribution in [1.29, 1.82) is 0 Å². The van der Waals surface area contributed by atoms with Crippen LogP contribution < -0.4 is 4.74 Å². The molecule has 114 valence electrons. The maximum Gasteiger partial charge on any atom is 0.335 e. The van der Waals surface area contributed by atoms with E-state index in [4.69, 9.17) is 14.6 Å². The third kappa shape index (κ3) is 6.12. The highest BCUT2D eigenvalue weighted by Gasteiger charge is 2.14. The number of hydrogen-bond acceptors (Lipinski definition) is 4. The normalized spacial score (nSPS) is 11.5. The van der Waals surface area contributed by atoms with Crippen molar-refractivity contribution in [3.05, 3.63) is 42.5 Å². The van der Waals surface area contributed by atoms with Gasteiger partial charge in [0.05, 0.1) is 5.56 Å². The van der Waals surface area contributed by atoms with Crippen LogP contribution in [0.25, 0.3) is 0 Å². The van der Waals surface area contributed by atoms with Crippen LogP contribution in [0, 0.1) is 0 Å². The highest BCUT2D eigenvalue weighted by molar-refractivity contribution is 5.87. The molecule has 0 saturated heterocycles. The van der Waals surface area contributed by atoms with Crippen LogP contribution in [0.3, 0.4) is 0 Å². The molecule has 0 radical (unpaired) electrons. The predicted octanol–water partition coefficient (Wildman–Crippen LogP) is 3.40. The van der Waals surface area contributed by atoms with E-state index in [9.17, 15) is 9.59 Å². The second-order valence-electron chi connectivity index (χ2n) is 4.51. The summed E-state index contributed by atoms with van der Waals surface area (Å²) < 4.78 is 10.7. The molecule has 0 saturated carbocycles. The van der Waals surface area contributed by atoms with Crippen LogP contribution in [0.1, 0.15) is 43.0 Å². The Bertz CT molecular complexity index is 478. The number of aromatic carboxylic acids is 1. The number of unbranched alkanes of at least 4 members (excludes halogenated alkanes) is 2. The first-order valence-electron chi connectivity index (χ1n) is 6.90. The lowest BCUT2D eigenvalue weighted by Crippen LogP contribution is -2.23. The molecule has 0 spiro atoms. The molecule has 0 heterocycles. The molecule has 0 aliphatic rings. The molecule has 0 amide bonds. The van der Waals surface area contributed by atoms with E-state index in [0.717, 1.165) is 25.3 Å². The highest BCUT2D eigenvalue weighted by Crippen LogP contribution is 2.17. The van der Waals surface area contributed by atoms with Crippen LogP contribution in [0.2, 0.25) is 0 Å². The van der Waals surface area contributed by atoms with Gasteiger partial charge in [-0.25, -0.2) is 9.59 Å². The SMILES string of the molecule is C=CC(=O)OC(CCCCC)Oc1ccc(C(=O)O)cc1. The molecule has 0 aliphatic heterocycles. The van der Waals surface area contributed by atoms with Crippen LogP contribution >= 0.6 is 0 Å². The van der Waals surface area contributed by atoms with Crippen LogP contribution in [-0.4, -0.2) is 23.3 Å². The molecular formula is C16H20O5. The van der Waals surface area contributed by atoms with E-state index in [2.05, 4.69) is 13.5 Å². The van der Waals surface area contributed by atoms with Gasteiger partial charge in [0.2, 0.25) is 6.29 Å². The number of benzene rings is 1. The van der Waals surface area contributed by atoms with Crippen molar-refractivity contribution in [1.82, 2.24) is 0 Å². The number of esters is 1. The molecule has 0 bridgehead atoms. The van der Waals surface area contributed by atoms with Crippen molar-refractivity contribution >= 4 is 11.9 Å². The second kappa shape index (κ2) is 8.79. The van der Waals surface area contributed by atoms with E-state index in [1.165, 1.54) is 24.3 Å². The number of carboxylic acids is 1. The van der Waals surface area contributed by atoms with E-state index in [0.29, 0.717) is 12.2 Å². The van der Waals surface area contributed by atoms with E-state index >= 15 is 0 Å². The van der Waals surface area contributed by atoms with Gasteiger partial charge < -0.3 is 14.6 Å². The lowest BCUT2D eigenvalue weighted by atomic mass is 10.2. The largest absolute Gasteiger partial charge is 0.478 e. The smallest absolute Gasteiger partial charge is 0.335 e. The van der Waals surface area contributed by atoms with Gasteiger partial charge in [0.25, 0.3) is 0 Å². The van der Waals surface area contributed by atoms with Crippen LogP contribution in [0.15, 0.2) is 36.9 Å². The first kappa shape index (κ1) is 16.8. The summed E-state index contributed by atoms with van der Waals surface area (Å²) in [6.45, 7) is 5.43. The molecule has 1 aromatic carbocycles. The third-order valence-electron chi connectivity index (χ3n) is 2.83. The molecule has 0 aliphatic carbocycles. The van der Waals surface area contributed by atoms with Crippen molar-refractivity contribution in [2.75, 3.05) is 0 Å². The number of carbonyl (C=O) groups excluding carboxylic acids is 1. The van der Waals surface area contributed by atoms with Gasteiger partial charge in [-0.2, -0.15) is 0 Å². The van der Waals surface area contributed by atoms with Gasteiger partial charge in [-0.1, -0.05) is 26.3 Å². The zero-order valence-corrected chi connectivity index (χ0v) is 12.1. The van der Waals surface area contributed by atoms with Crippen molar-refractivity contribution in [2.45, 2.75) is 38.9 Å². The minimum absolute atomic E-state index is 0.174. The molecule has 1 unspecified atom stereocenters. The predicted molar refractivity (Wildman–Crippen MR) is 78.2 cm³/mol. The van der Waals surface area contributed by atoms with Gasteiger partial charge in [0, 0.05) is 12.5 Å². The Kier molecular flexibility index (Phi) is 7.01. The van der Waals surface area contributed by atoms with Gasteiger partial charge in [0.1, 0.15) is 5.75 Å². The summed E-state index contributed by atoms with van der Waals surface area (Å²) in [6.07, 6.45) is 3.91. The fraction of sp³-hybridized carbons (Fsp3) is 0.375. The molecule has 1 aromatic rings. The fourth-order valence-electron chi connectivity index (χ4n) is 1.71. The summed E-state index contributed by atoms with van der Waals surface area (Å²) in [7, 11) is 0. The van der Waals surface area contributed by atoms with Gasteiger partial charge in [-0.15, -0.1) is 0 Å². The summed E-state index contributed by atoms with van der Waals surface area (Å²) in [6, 6.07) is 5.96. The number of carboxylic acid groups (broad SMARTS) is 1. The minimum Gasteiger partial charge on any atom is -0.478 e. The Balaban J connectivity index is 2.67. The van der Waals surface area contributed by atoms with E-state index in [1.54, 1.807) is 0 Å². The van der Waals surface area contributed by atoms with E-state index in [-0.39, 0.29) is 5.56 Å². The summed E-state index contributed by atoms with van der Waals surface area (Å²) in [4.78, 5) is 22.1. The van der Waals surface area contributed by atoms with Crippen LogP contribution in [0.4, 0.5) is 0 Å². The Morgan fingerprint density at radius 1 is 1.29 bits per heavy atom. The lowest BCUT2D eigenvalue weighted by Gasteiger charge is -2.18. The van der Waals surface area contributed by atoms with Gasteiger partial charge >= 0.3 is 11.9 Å². The third-order valence-corrected chi connectivity index (χ3v) is 2.83. The van der Waals surface area contributed by atoms with Crippen molar-refractivity contribution in [3.8, 4) is 5.75 Å². The molecule has 1 atom stereocenters. The number of ether oxygens (including phenoxy) is 2. The zero-order valence-electron chi connectivity index (χ0n) is 12.1. The topological polar surface area (TPSA) is 72.8 Å². The Morgan fingerprint density at radius 2 is 1.95 bits per heavy atom. The monoisotopic (exact) mass is 292 g/mol. The number of carbonyl (C=O) groups is 2. The van der Waals surface area contributed by atoms with E-state index < -0.39 is 18.2 Å². The van der Waals surface area contributed by atoms with Crippen LogP contribution in [-0.2, 0) is 9.53 Å². The molecule has 1 N–H and O–H groups in total. The van der Waals surface area contributed by atoms with Gasteiger partial charge in [-0.05, 0) is 30.7 Å². The maximum absolute atomic E-state index is 11.3. The van der Waals surface area contributed by atoms with Crippen molar-refractivity contribution < 1.29 is 24.2 Å². The highest BCUT2D eigenvalue weighted by atomic mass is 16.7. The standard InChI is InChI=1S/C16H20O5/c1-3-5-6-7-15(21-14(17)4-2)20-13-10-8-12(9-11-13)16(18)19/h4,8-11,15H,2-3,5-7H2,1H3,(H,18,19). The summed E-state index contributed by atoms with van der Waals surface area (Å²) >= 11 is 0. The van der Waals surface area contributed by atoms with E-state index in [1.807, 2.05) is 0 Å². The molecule has 5 nitrogen and oxygen atoms in total. The Hall–Kier alpha value is -2.30. The molecular weight excluding hydrogens is 272 g/mol. The summed E-state index contributed by atoms with van der Waals surface area (Å²) in [5, 5.41) is 8.83. The Labute approximate surface area is 124 Å². The van der Waals surface area contributed by atoms with Gasteiger partial charge in [0.15, 0.2) is 0 Å². The van der Waals surface area contributed by atoms with Crippen molar-refractivity contribution in [3.63, 3.8) is 0 Å². The minimum atomic E-state index is -1.00. The number of rotatable bonds is 9. The molecule has 1 rings (SSSR count). The quantitative estimate of drug-likeness (QED) is 0.327. The first-order valence-corrected chi connectivity index (χ1v) is 6.90. The average Bonchev–Trinajstić information content (AvgIpc) is 2.47. The first-order chi connectivity index (χ1) is 10.1. The molecule has 5 heteroatoms. The summed E-state index contributed by atoms with van der Waals surface area (Å²) in [5.41, 5.74) is 0.174. The molecule has 0 fully saturated rings. The van der Waals surface area contributed by atoms with Crippen LogP contribution in [0.5, 0.6) is 5.75 Å². The Morgan fingerprint density at radius 3 is 2.48 bits per heavy atom. The fourth-order valence-corrected chi connectivity index (χ4v) is 1.71.